The van der Waals surface area contributed by atoms with Crippen molar-refractivity contribution >= 4 is 236 Å². The molecule has 12 nitrogen and oxygen atoms in total. The van der Waals surface area contributed by atoms with Crippen molar-refractivity contribution in [2.75, 3.05) is 0 Å². The number of aromatic nitrogens is 12. The van der Waals surface area contributed by atoms with Gasteiger partial charge in [-0.05, 0) is 175 Å². The minimum absolute atomic E-state index is 0.124. The van der Waals surface area contributed by atoms with Crippen LogP contribution >= 0.6 is 34.0 Å². The first-order chi connectivity index (χ1) is 71.7. The van der Waals surface area contributed by atoms with Gasteiger partial charge in [-0.2, -0.15) is 0 Å². The normalized spacial score (nSPS) is 12.5. The Bertz CT molecular complexity index is 10900. The average Bonchev–Trinajstić information content (AvgIpc) is 1.54. The van der Waals surface area contributed by atoms with E-state index < -0.39 is 0 Å². The zero-order chi connectivity index (χ0) is 95.4. The molecule has 0 saturated carbocycles. The van der Waals surface area contributed by atoms with Gasteiger partial charge in [-0.1, -0.05) is 329 Å². The summed E-state index contributed by atoms with van der Waals surface area (Å²) < 4.78 is 14.6. The molecule has 0 amide bonds. The van der Waals surface area contributed by atoms with E-state index in [1.165, 1.54) is 158 Å². The van der Waals surface area contributed by atoms with E-state index in [2.05, 4.69) is 422 Å². The highest BCUT2D eigenvalue weighted by molar-refractivity contribution is 7.28. The Kier molecular flexibility index (Phi) is 18.5. The fourth-order valence-corrected chi connectivity index (χ4v) is 27.0. The Labute approximate surface area is 840 Å². The fourth-order valence-electron chi connectivity index (χ4n) is 23.3. The van der Waals surface area contributed by atoms with Crippen molar-refractivity contribution in [2.24, 2.45) is 0 Å². The van der Waals surface area contributed by atoms with Gasteiger partial charge in [-0.15, -0.1) is 34.0 Å². The second kappa shape index (κ2) is 32.4. The van der Waals surface area contributed by atoms with Gasteiger partial charge in [0.25, 0.3) is 0 Å². The van der Waals surface area contributed by atoms with Gasteiger partial charge >= 0.3 is 0 Å². The molecule has 0 bridgehead atoms. The van der Waals surface area contributed by atoms with Crippen LogP contribution in [0.3, 0.4) is 0 Å². The van der Waals surface area contributed by atoms with E-state index in [4.69, 9.17) is 44.9 Å². The van der Waals surface area contributed by atoms with Crippen molar-refractivity contribution in [3.63, 3.8) is 0 Å². The van der Waals surface area contributed by atoms with E-state index in [-0.39, 0.29) is 5.41 Å². The Morgan fingerprint density at radius 2 is 0.538 bits per heavy atom. The number of hydrogen-bond donors (Lipinski definition) is 0. The average molecular weight is 1900 g/mol. The molecule has 32 rings (SSSR count). The predicted molar refractivity (Wildman–Crippen MR) is 608 cm³/mol. The minimum atomic E-state index is -0.124. The Hall–Kier alpha value is -18.3. The number of pyridine rings is 3. The number of para-hydroxylation sites is 3. The highest BCUT2D eigenvalue weighted by Crippen LogP contribution is 2.55. The topological polar surface area (TPSA) is 131 Å². The number of fused-ring (bicyclic) bond motifs is 37. The molecular formula is C130H78N12S3. The lowest BCUT2D eigenvalue weighted by atomic mass is 9.82. The van der Waals surface area contributed by atoms with Gasteiger partial charge in [-0.3, -0.25) is 28.7 Å². The molecule has 1 aliphatic rings. The standard InChI is InChI=1S/C47H28N4S.C44H28N4S.C39H22N4S/c1-3-14-29(15-4-1)31-26-32(30-16-5-2-6-17-30)28-33(27-31)43-44-38(22-13-25-48-44)49-47(50-43)51-39-23-11-9-20-36(39)41-34-18-7-8-19-35(34)46-42(45(41)51)37-21-10-12-24-40(37)52-46;1-44(2)32-17-8-5-12-26(32)27-22-21-25(24-33(27)44)39-40-34(18-11-23-45-40)46-43(47-39)48-35-19-9-6-15-30(35)37-28-13-3-4-14-29(28)42-38(41(37)48)31-16-7-10-20-36(31)49-42;1-2-11-24-22-25(20-19-23(24)10-1)35-36-30(16-9-21-40-36)41-39(42-35)43-31-17-7-5-14-28(31)33-26-12-3-4-13-27(26)38-34(37(33)43)29-15-6-8-18-32(29)44-38/h1-28H;3-24H,1-2H3;1-22H. The number of rotatable bonds is 8. The maximum atomic E-state index is 5.53. The minimum Gasteiger partial charge on any atom is -0.277 e. The molecule has 0 N–H and O–H groups in total. The monoisotopic (exact) mass is 1900 g/mol. The van der Waals surface area contributed by atoms with Gasteiger partial charge in [0.1, 0.15) is 33.6 Å². The zero-order valence-corrected chi connectivity index (χ0v) is 80.6. The van der Waals surface area contributed by atoms with Crippen LogP contribution in [0.25, 0.3) is 287 Å². The Morgan fingerprint density at radius 3 is 0.966 bits per heavy atom. The maximum Gasteiger partial charge on any atom is 0.235 e. The number of thiophene rings is 3. The van der Waals surface area contributed by atoms with Gasteiger partial charge < -0.3 is 0 Å². The SMILES string of the molecule is CC1(C)c2ccccc2-c2ccc(-c3nc(-n4c5ccccc5c5c6ccccc6c6sc7ccccc7c6c54)nc4cccnc34)cc21.c1ccc(-c2cc(-c3ccccc3)cc(-c3nc(-n4c5ccccc5c5c6ccccc6c6sc7ccccc7c6c54)nc4cccnc34)c2)cc1.c1ccc2cc(-c3nc(-n4c5ccccc5c5c6ccccc6c6sc7ccccc7c6c54)nc4cccnc34)ccc2c1. The molecule has 0 aliphatic heterocycles. The lowest BCUT2D eigenvalue weighted by molar-refractivity contribution is 0.660. The van der Waals surface area contributed by atoms with Crippen molar-refractivity contribution in [1.82, 2.24) is 58.6 Å². The Morgan fingerprint density at radius 1 is 0.214 bits per heavy atom. The molecule has 12 heterocycles. The van der Waals surface area contributed by atoms with E-state index in [1.54, 1.807) is 0 Å². The molecule has 0 fully saturated rings. The van der Waals surface area contributed by atoms with Crippen LogP contribution in [0.15, 0.2) is 437 Å². The second-order valence-corrected chi connectivity index (χ2v) is 41.2. The van der Waals surface area contributed by atoms with Crippen molar-refractivity contribution < 1.29 is 0 Å². The summed E-state index contributed by atoms with van der Waals surface area (Å²) in [6.07, 6.45) is 5.50. The van der Waals surface area contributed by atoms with Crippen LogP contribution < -0.4 is 0 Å². The highest BCUT2D eigenvalue weighted by Gasteiger charge is 2.37. The van der Waals surface area contributed by atoms with Crippen LogP contribution in [0.5, 0.6) is 0 Å². The summed E-state index contributed by atoms with van der Waals surface area (Å²) in [5.41, 5.74) is 26.7. The molecule has 1 aliphatic carbocycles. The van der Waals surface area contributed by atoms with Gasteiger partial charge in [0.05, 0.1) is 49.7 Å². The molecule has 0 saturated heterocycles. The summed E-state index contributed by atoms with van der Waals surface area (Å²) in [6.45, 7) is 4.64. The summed E-state index contributed by atoms with van der Waals surface area (Å²) in [6, 6.07) is 149. The summed E-state index contributed by atoms with van der Waals surface area (Å²) >= 11 is 5.58. The maximum absolute atomic E-state index is 5.53. The molecule has 0 spiro atoms. The van der Waals surface area contributed by atoms with Crippen LogP contribution in [-0.2, 0) is 5.41 Å². The van der Waals surface area contributed by atoms with Crippen LogP contribution in [0.2, 0.25) is 0 Å². The smallest absolute Gasteiger partial charge is 0.235 e. The third-order valence-corrected chi connectivity index (χ3v) is 33.3. The largest absolute Gasteiger partial charge is 0.277 e. The molecule has 19 aromatic carbocycles. The van der Waals surface area contributed by atoms with E-state index in [1.807, 2.05) is 76.9 Å². The summed E-state index contributed by atoms with van der Waals surface area (Å²) in [5.74, 6) is 1.92. The Balaban J connectivity index is 0.000000101. The lowest BCUT2D eigenvalue weighted by Crippen LogP contribution is -2.15. The second-order valence-electron chi connectivity index (χ2n) is 38.0. The van der Waals surface area contributed by atoms with E-state index in [9.17, 15) is 0 Å². The quantitative estimate of drug-likeness (QED) is 0.146. The highest BCUT2D eigenvalue weighted by atomic mass is 32.1. The summed E-state index contributed by atoms with van der Waals surface area (Å²) in [7, 11) is 0. The molecule has 0 unspecified atom stereocenters. The predicted octanol–water partition coefficient (Wildman–Crippen LogP) is 34.7. The molecular weight excluding hydrogens is 1830 g/mol. The van der Waals surface area contributed by atoms with Crippen molar-refractivity contribution in [1.29, 1.82) is 0 Å². The molecule has 31 aromatic rings. The van der Waals surface area contributed by atoms with Gasteiger partial charge in [0.15, 0.2) is 0 Å². The van der Waals surface area contributed by atoms with Crippen LogP contribution in [-0.4, -0.2) is 58.6 Å². The van der Waals surface area contributed by atoms with E-state index >= 15 is 0 Å². The molecule has 145 heavy (non-hydrogen) atoms. The van der Waals surface area contributed by atoms with E-state index in [0.717, 1.165) is 122 Å². The van der Waals surface area contributed by atoms with Crippen molar-refractivity contribution in [2.45, 2.75) is 19.3 Å². The first-order valence-corrected chi connectivity index (χ1v) is 51.3. The van der Waals surface area contributed by atoms with Gasteiger partial charge in [0.2, 0.25) is 17.8 Å². The van der Waals surface area contributed by atoms with Crippen molar-refractivity contribution in [3.8, 4) is 85.0 Å². The zero-order valence-electron chi connectivity index (χ0n) is 78.2. The first kappa shape index (κ1) is 82.6. The molecule has 0 atom stereocenters. The number of nitrogens with zero attached hydrogens (tertiary/aromatic N) is 12. The number of benzene rings is 19. The molecule has 676 valence electrons. The molecule has 0 radical (unpaired) electrons. The van der Waals surface area contributed by atoms with E-state index in [0.29, 0.717) is 17.8 Å². The van der Waals surface area contributed by atoms with Crippen molar-refractivity contribution in [3.05, 3.63) is 448 Å². The third-order valence-electron chi connectivity index (χ3n) is 29.7. The summed E-state index contributed by atoms with van der Waals surface area (Å²) in [4.78, 5) is 46.7. The summed E-state index contributed by atoms with van der Waals surface area (Å²) in [5, 5.41) is 24.6. The fraction of sp³-hybridized carbons (Fsp3) is 0.0231. The molecule has 12 aromatic heterocycles. The van der Waals surface area contributed by atoms with Crippen LogP contribution in [0.4, 0.5) is 0 Å². The van der Waals surface area contributed by atoms with Gasteiger partial charge in [0, 0.05) is 150 Å². The van der Waals surface area contributed by atoms with Gasteiger partial charge in [-0.25, -0.2) is 29.9 Å². The number of hydrogen-bond acceptors (Lipinski definition) is 12. The molecule has 15 heteroatoms. The van der Waals surface area contributed by atoms with Crippen LogP contribution in [0.1, 0.15) is 25.0 Å². The lowest BCUT2D eigenvalue weighted by Gasteiger charge is -2.22. The van der Waals surface area contributed by atoms with Crippen LogP contribution in [0, 0.1) is 0 Å². The first-order valence-electron chi connectivity index (χ1n) is 48.9. The third kappa shape index (κ3) is 12.7.